The summed E-state index contributed by atoms with van der Waals surface area (Å²) in [6, 6.07) is 15.8. The molecule has 0 unspecified atom stereocenters. The lowest BCUT2D eigenvalue weighted by Gasteiger charge is -2.32. The monoisotopic (exact) mass is 449 g/mol. The van der Waals surface area contributed by atoms with Gasteiger partial charge in [-0.2, -0.15) is 0 Å². The van der Waals surface area contributed by atoms with Crippen LogP contribution in [0.4, 0.5) is 4.39 Å². The molecule has 3 aromatic rings. The predicted molar refractivity (Wildman–Crippen MR) is 125 cm³/mol. The van der Waals surface area contributed by atoms with Gasteiger partial charge in [-0.15, -0.1) is 0 Å². The zero-order valence-electron chi connectivity index (χ0n) is 18.9. The molecule has 0 radical (unpaired) electrons. The minimum absolute atomic E-state index is 0.127. The lowest BCUT2D eigenvalue weighted by atomic mass is 10.0. The van der Waals surface area contributed by atoms with E-state index in [0.29, 0.717) is 16.8 Å². The fourth-order valence-electron chi connectivity index (χ4n) is 4.09. The second kappa shape index (κ2) is 10.4. The second-order valence-corrected chi connectivity index (χ2v) is 8.16. The first-order chi connectivity index (χ1) is 16.1. The maximum Gasteiger partial charge on any atom is 0.253 e. The van der Waals surface area contributed by atoms with E-state index in [9.17, 15) is 9.18 Å². The third kappa shape index (κ3) is 5.68. The average molecular weight is 450 g/mol. The van der Waals surface area contributed by atoms with Gasteiger partial charge in [-0.3, -0.25) is 14.7 Å². The molecule has 1 aromatic heterocycles. The van der Waals surface area contributed by atoms with E-state index in [1.165, 1.54) is 17.7 Å². The van der Waals surface area contributed by atoms with Crippen molar-refractivity contribution >= 4 is 5.91 Å². The number of likely N-dealkylation sites (tertiary alicyclic amines) is 1. The normalized spacial score (nSPS) is 14.6. The Morgan fingerprint density at radius 2 is 1.85 bits per heavy atom. The quantitative estimate of drug-likeness (QED) is 0.583. The van der Waals surface area contributed by atoms with Crippen molar-refractivity contribution in [3.63, 3.8) is 0 Å². The summed E-state index contributed by atoms with van der Waals surface area (Å²) in [5.74, 6) is 1.01. The van der Waals surface area contributed by atoms with Crippen LogP contribution in [0.3, 0.4) is 0 Å². The molecule has 1 aliphatic rings. The number of carbonyl (C=O) groups excluding carboxylic acids is 1. The molecule has 1 aliphatic heterocycles. The van der Waals surface area contributed by atoms with Crippen LogP contribution in [0.25, 0.3) is 11.3 Å². The Bertz CT molecular complexity index is 1100. The van der Waals surface area contributed by atoms with Gasteiger partial charge in [0.25, 0.3) is 5.91 Å². The van der Waals surface area contributed by atoms with Gasteiger partial charge in [0.2, 0.25) is 0 Å². The number of piperidine rings is 1. The Morgan fingerprint density at radius 3 is 2.52 bits per heavy atom. The predicted octanol–water partition coefficient (Wildman–Crippen LogP) is 4.30. The van der Waals surface area contributed by atoms with E-state index in [4.69, 9.17) is 9.47 Å². The standard InChI is InChI=1S/C26H28FN3O3/c1-32-24-9-6-18(14-25(24)33-2)17-30-12-10-22(11-13-30)29-26(31)20-7-8-23(28-16-20)19-4-3-5-21(27)15-19/h3-9,14-16,22H,10-13,17H2,1-2H3,(H,29,31). The third-order valence-electron chi connectivity index (χ3n) is 5.92. The van der Waals surface area contributed by atoms with Crippen molar-refractivity contribution < 1.29 is 18.7 Å². The number of halogens is 1. The van der Waals surface area contributed by atoms with Gasteiger partial charge < -0.3 is 14.8 Å². The van der Waals surface area contributed by atoms with Gasteiger partial charge in [0, 0.05) is 37.4 Å². The Balaban J connectivity index is 1.28. The smallest absolute Gasteiger partial charge is 0.253 e. The van der Waals surface area contributed by atoms with Gasteiger partial charge in [0.15, 0.2) is 11.5 Å². The van der Waals surface area contributed by atoms with Crippen molar-refractivity contribution in [2.75, 3.05) is 27.3 Å². The van der Waals surface area contributed by atoms with Crippen LogP contribution in [0, 0.1) is 5.82 Å². The second-order valence-electron chi connectivity index (χ2n) is 8.16. The number of ether oxygens (including phenoxy) is 2. The number of hydrogen-bond donors (Lipinski definition) is 1. The number of methoxy groups -OCH3 is 2. The highest BCUT2D eigenvalue weighted by Crippen LogP contribution is 2.28. The van der Waals surface area contributed by atoms with E-state index in [-0.39, 0.29) is 17.8 Å². The van der Waals surface area contributed by atoms with Crippen molar-refractivity contribution in [1.29, 1.82) is 0 Å². The number of pyridine rings is 1. The molecule has 4 rings (SSSR count). The number of nitrogens with one attached hydrogen (secondary N) is 1. The van der Waals surface area contributed by atoms with Crippen LogP contribution in [0.15, 0.2) is 60.8 Å². The summed E-state index contributed by atoms with van der Waals surface area (Å²) in [7, 11) is 3.27. The van der Waals surface area contributed by atoms with Crippen LogP contribution in [-0.4, -0.2) is 49.1 Å². The van der Waals surface area contributed by atoms with Gasteiger partial charge in [-0.25, -0.2) is 4.39 Å². The van der Waals surface area contributed by atoms with Crippen molar-refractivity contribution in [1.82, 2.24) is 15.2 Å². The summed E-state index contributed by atoms with van der Waals surface area (Å²) in [6.45, 7) is 2.62. The molecule has 0 spiro atoms. The number of carbonyl (C=O) groups is 1. The van der Waals surface area contributed by atoms with Gasteiger partial charge in [-0.1, -0.05) is 18.2 Å². The Labute approximate surface area is 193 Å². The number of aromatic nitrogens is 1. The molecule has 0 aliphatic carbocycles. The molecule has 1 saturated heterocycles. The minimum atomic E-state index is -0.311. The van der Waals surface area contributed by atoms with E-state index >= 15 is 0 Å². The Hall–Kier alpha value is -3.45. The van der Waals surface area contributed by atoms with Crippen molar-refractivity contribution in [3.05, 3.63) is 77.7 Å². The van der Waals surface area contributed by atoms with Crippen LogP contribution in [0.2, 0.25) is 0 Å². The van der Waals surface area contributed by atoms with E-state index < -0.39 is 0 Å². The van der Waals surface area contributed by atoms with E-state index in [2.05, 4.69) is 21.3 Å². The molecule has 6 nitrogen and oxygen atoms in total. The first-order valence-electron chi connectivity index (χ1n) is 11.0. The van der Waals surface area contributed by atoms with Gasteiger partial charge in [0.1, 0.15) is 5.82 Å². The van der Waals surface area contributed by atoms with Crippen LogP contribution >= 0.6 is 0 Å². The number of nitrogens with zero attached hydrogens (tertiary/aromatic N) is 2. The van der Waals surface area contributed by atoms with Crippen LogP contribution in [0.5, 0.6) is 11.5 Å². The summed E-state index contributed by atoms with van der Waals surface area (Å²) in [6.07, 6.45) is 3.31. The fraction of sp³-hybridized carbons (Fsp3) is 0.308. The van der Waals surface area contributed by atoms with E-state index in [1.807, 2.05) is 12.1 Å². The number of benzene rings is 2. The van der Waals surface area contributed by atoms with E-state index in [0.717, 1.165) is 44.0 Å². The molecule has 1 fully saturated rings. The molecule has 7 heteroatoms. The molecule has 2 heterocycles. The lowest BCUT2D eigenvalue weighted by molar-refractivity contribution is 0.0908. The SMILES string of the molecule is COc1ccc(CN2CCC(NC(=O)c3ccc(-c4cccc(F)c4)nc3)CC2)cc1OC. The lowest BCUT2D eigenvalue weighted by Crippen LogP contribution is -2.44. The van der Waals surface area contributed by atoms with Gasteiger partial charge >= 0.3 is 0 Å². The van der Waals surface area contributed by atoms with Crippen LogP contribution in [-0.2, 0) is 6.54 Å². The summed E-state index contributed by atoms with van der Waals surface area (Å²) in [4.78, 5) is 19.4. The van der Waals surface area contributed by atoms with Crippen molar-refractivity contribution in [2.24, 2.45) is 0 Å². The zero-order chi connectivity index (χ0) is 23.2. The summed E-state index contributed by atoms with van der Waals surface area (Å²) in [5, 5.41) is 3.12. The van der Waals surface area contributed by atoms with Gasteiger partial charge in [-0.05, 0) is 54.8 Å². The molecule has 1 N–H and O–H groups in total. The molecule has 172 valence electrons. The molecular formula is C26H28FN3O3. The molecule has 0 bridgehead atoms. The maximum atomic E-state index is 13.4. The Kier molecular flexibility index (Phi) is 7.19. The molecule has 2 aromatic carbocycles. The first-order valence-corrected chi connectivity index (χ1v) is 11.0. The number of hydrogen-bond acceptors (Lipinski definition) is 5. The molecule has 1 amide bonds. The minimum Gasteiger partial charge on any atom is -0.493 e. The van der Waals surface area contributed by atoms with Crippen molar-refractivity contribution in [3.8, 4) is 22.8 Å². The number of amides is 1. The third-order valence-corrected chi connectivity index (χ3v) is 5.92. The van der Waals surface area contributed by atoms with Crippen LogP contribution in [0.1, 0.15) is 28.8 Å². The fourth-order valence-corrected chi connectivity index (χ4v) is 4.09. The molecular weight excluding hydrogens is 421 g/mol. The summed E-state index contributed by atoms with van der Waals surface area (Å²) in [5.41, 5.74) is 2.99. The molecule has 0 atom stereocenters. The zero-order valence-corrected chi connectivity index (χ0v) is 18.9. The Morgan fingerprint density at radius 1 is 1.06 bits per heavy atom. The van der Waals surface area contributed by atoms with E-state index in [1.54, 1.807) is 44.7 Å². The summed E-state index contributed by atoms with van der Waals surface area (Å²) < 4.78 is 24.1. The van der Waals surface area contributed by atoms with Crippen molar-refractivity contribution in [2.45, 2.75) is 25.4 Å². The maximum absolute atomic E-state index is 13.4. The largest absolute Gasteiger partial charge is 0.493 e. The molecule has 0 saturated carbocycles. The highest BCUT2D eigenvalue weighted by Gasteiger charge is 2.22. The average Bonchev–Trinajstić information content (AvgIpc) is 2.85. The number of rotatable bonds is 7. The first kappa shape index (κ1) is 22.7. The highest BCUT2D eigenvalue weighted by molar-refractivity contribution is 5.94. The topological polar surface area (TPSA) is 63.7 Å². The summed E-state index contributed by atoms with van der Waals surface area (Å²) >= 11 is 0. The van der Waals surface area contributed by atoms with Gasteiger partial charge in [0.05, 0.1) is 25.5 Å². The molecule has 33 heavy (non-hydrogen) atoms. The van der Waals surface area contributed by atoms with Crippen LogP contribution < -0.4 is 14.8 Å². The highest BCUT2D eigenvalue weighted by atomic mass is 19.1.